The number of nitrogens with one attached hydrogen (secondary N) is 2. The Morgan fingerprint density at radius 2 is 2.04 bits per heavy atom. The van der Waals surface area contributed by atoms with Gasteiger partial charge in [0.15, 0.2) is 5.82 Å². The van der Waals surface area contributed by atoms with E-state index in [1.807, 2.05) is 0 Å². The largest absolute Gasteiger partial charge is 0.399 e. The molecular weight excluding hydrogens is 308 g/mol. The summed E-state index contributed by atoms with van der Waals surface area (Å²) in [6.45, 7) is 4.71. The molecule has 1 amide bonds. The zero-order valence-electron chi connectivity index (χ0n) is 13.5. The summed E-state index contributed by atoms with van der Waals surface area (Å²) in [4.78, 5) is 18.8. The van der Waals surface area contributed by atoms with Crippen LogP contribution in [0, 0.1) is 0 Å². The predicted molar refractivity (Wildman–Crippen MR) is 89.4 cm³/mol. The predicted octanol–water partition coefficient (Wildman–Crippen LogP) is 0.192. The van der Waals surface area contributed by atoms with E-state index in [4.69, 9.17) is 10.5 Å². The normalized spacial score (nSPS) is 15.3. The fourth-order valence-electron chi connectivity index (χ4n) is 2.51. The fourth-order valence-corrected chi connectivity index (χ4v) is 2.51. The number of benzene rings is 1. The van der Waals surface area contributed by atoms with Crippen molar-refractivity contribution in [1.82, 2.24) is 25.4 Å². The van der Waals surface area contributed by atoms with Gasteiger partial charge in [0.25, 0.3) is 5.91 Å². The van der Waals surface area contributed by atoms with E-state index in [0.29, 0.717) is 23.6 Å². The Morgan fingerprint density at radius 1 is 1.29 bits per heavy atom. The molecule has 2 aromatic rings. The number of nitrogens with two attached hydrogens (primary N) is 1. The van der Waals surface area contributed by atoms with Crippen LogP contribution in [0.4, 0.5) is 5.69 Å². The number of morpholine rings is 1. The first-order valence-electron chi connectivity index (χ1n) is 8.05. The number of amides is 1. The second kappa shape index (κ2) is 7.89. The van der Waals surface area contributed by atoms with Gasteiger partial charge in [-0.05, 0) is 24.3 Å². The van der Waals surface area contributed by atoms with Gasteiger partial charge in [-0.1, -0.05) is 0 Å². The SMILES string of the molecule is Nc1ccc(C(=O)NCc2nc(CCN3CCOCC3)n[nH]2)cc1. The molecule has 0 bridgehead atoms. The van der Waals surface area contributed by atoms with E-state index < -0.39 is 0 Å². The minimum Gasteiger partial charge on any atom is -0.399 e. The highest BCUT2D eigenvalue weighted by molar-refractivity contribution is 5.94. The molecule has 1 aromatic heterocycles. The first-order chi connectivity index (χ1) is 11.7. The van der Waals surface area contributed by atoms with E-state index in [1.54, 1.807) is 24.3 Å². The number of aromatic amines is 1. The quantitative estimate of drug-likeness (QED) is 0.653. The minimum absolute atomic E-state index is 0.165. The lowest BCUT2D eigenvalue weighted by atomic mass is 10.2. The van der Waals surface area contributed by atoms with E-state index in [2.05, 4.69) is 25.4 Å². The molecule has 0 radical (unpaired) electrons. The molecule has 24 heavy (non-hydrogen) atoms. The Morgan fingerprint density at radius 3 is 2.79 bits per heavy atom. The number of hydrogen-bond donors (Lipinski definition) is 3. The molecule has 0 saturated carbocycles. The lowest BCUT2D eigenvalue weighted by Gasteiger charge is -2.25. The third kappa shape index (κ3) is 4.53. The number of ether oxygens (including phenoxy) is 1. The fraction of sp³-hybridized carbons (Fsp3) is 0.438. The zero-order valence-corrected chi connectivity index (χ0v) is 13.5. The van der Waals surface area contributed by atoms with Crippen LogP contribution < -0.4 is 11.1 Å². The van der Waals surface area contributed by atoms with Crippen molar-refractivity contribution in [2.24, 2.45) is 0 Å². The van der Waals surface area contributed by atoms with Crippen molar-refractivity contribution in [1.29, 1.82) is 0 Å². The highest BCUT2D eigenvalue weighted by Crippen LogP contribution is 2.05. The van der Waals surface area contributed by atoms with Crippen molar-refractivity contribution >= 4 is 11.6 Å². The molecule has 3 rings (SSSR count). The minimum atomic E-state index is -0.165. The molecule has 1 fully saturated rings. The molecule has 0 unspecified atom stereocenters. The Bertz CT molecular complexity index is 663. The summed E-state index contributed by atoms with van der Waals surface area (Å²) in [5.74, 6) is 1.25. The number of H-pyrrole nitrogens is 1. The van der Waals surface area contributed by atoms with Crippen molar-refractivity contribution in [3.05, 3.63) is 41.5 Å². The van der Waals surface area contributed by atoms with Crippen LogP contribution in [0.1, 0.15) is 22.0 Å². The van der Waals surface area contributed by atoms with Gasteiger partial charge >= 0.3 is 0 Å². The highest BCUT2D eigenvalue weighted by Gasteiger charge is 2.12. The zero-order chi connectivity index (χ0) is 16.8. The number of nitrogen functional groups attached to an aromatic ring is 1. The number of hydrogen-bond acceptors (Lipinski definition) is 6. The number of carbonyl (C=O) groups is 1. The van der Waals surface area contributed by atoms with Crippen LogP contribution in [0.5, 0.6) is 0 Å². The van der Waals surface area contributed by atoms with Gasteiger partial charge < -0.3 is 15.8 Å². The molecule has 128 valence electrons. The van der Waals surface area contributed by atoms with Gasteiger partial charge in [-0.2, -0.15) is 5.10 Å². The van der Waals surface area contributed by atoms with Gasteiger partial charge in [-0.3, -0.25) is 14.8 Å². The maximum atomic E-state index is 12.0. The van der Waals surface area contributed by atoms with Crippen LogP contribution in [0.25, 0.3) is 0 Å². The van der Waals surface area contributed by atoms with Gasteiger partial charge in [0.1, 0.15) is 5.82 Å². The number of rotatable bonds is 6. The van der Waals surface area contributed by atoms with Gasteiger partial charge in [-0.25, -0.2) is 4.98 Å². The topological polar surface area (TPSA) is 109 Å². The molecule has 2 heterocycles. The van der Waals surface area contributed by atoms with E-state index in [-0.39, 0.29) is 5.91 Å². The Labute approximate surface area is 140 Å². The first kappa shape index (κ1) is 16.4. The summed E-state index contributed by atoms with van der Waals surface area (Å²) in [6, 6.07) is 6.79. The van der Waals surface area contributed by atoms with Crippen LogP contribution in [-0.2, 0) is 17.7 Å². The van der Waals surface area contributed by atoms with Crippen molar-refractivity contribution in [3.8, 4) is 0 Å². The van der Waals surface area contributed by atoms with Crippen molar-refractivity contribution < 1.29 is 9.53 Å². The number of carbonyl (C=O) groups excluding carboxylic acids is 1. The standard InChI is InChI=1S/C16H22N6O2/c17-13-3-1-12(2-4-13)16(23)18-11-15-19-14(20-21-15)5-6-22-7-9-24-10-8-22/h1-4H,5-11,17H2,(H,18,23)(H,19,20,21). The summed E-state index contributed by atoms with van der Waals surface area (Å²) in [7, 11) is 0. The van der Waals surface area contributed by atoms with Gasteiger partial charge in [0, 0.05) is 37.3 Å². The lowest BCUT2D eigenvalue weighted by molar-refractivity contribution is 0.0382. The van der Waals surface area contributed by atoms with E-state index in [1.165, 1.54) is 0 Å². The molecule has 1 saturated heterocycles. The number of anilines is 1. The van der Waals surface area contributed by atoms with E-state index in [9.17, 15) is 4.79 Å². The summed E-state index contributed by atoms with van der Waals surface area (Å²) >= 11 is 0. The average molecular weight is 330 g/mol. The van der Waals surface area contributed by atoms with Crippen LogP contribution >= 0.6 is 0 Å². The monoisotopic (exact) mass is 330 g/mol. The molecule has 1 aliphatic heterocycles. The maximum absolute atomic E-state index is 12.0. The molecule has 1 aromatic carbocycles. The maximum Gasteiger partial charge on any atom is 0.251 e. The molecular formula is C16H22N6O2. The summed E-state index contributed by atoms with van der Waals surface area (Å²) in [5.41, 5.74) is 6.81. The first-order valence-corrected chi connectivity index (χ1v) is 8.05. The highest BCUT2D eigenvalue weighted by atomic mass is 16.5. The molecule has 8 nitrogen and oxygen atoms in total. The third-order valence-electron chi connectivity index (χ3n) is 3.92. The molecule has 8 heteroatoms. The molecule has 1 aliphatic rings. The Kier molecular flexibility index (Phi) is 5.39. The van der Waals surface area contributed by atoms with Crippen LogP contribution in [0.2, 0.25) is 0 Å². The summed E-state index contributed by atoms with van der Waals surface area (Å²) < 4.78 is 5.33. The van der Waals surface area contributed by atoms with Gasteiger partial charge in [0.05, 0.1) is 19.8 Å². The molecule has 0 atom stereocenters. The van der Waals surface area contributed by atoms with Crippen LogP contribution in [-0.4, -0.2) is 58.8 Å². The summed E-state index contributed by atoms with van der Waals surface area (Å²) in [6.07, 6.45) is 0.780. The van der Waals surface area contributed by atoms with E-state index >= 15 is 0 Å². The summed E-state index contributed by atoms with van der Waals surface area (Å²) in [5, 5.41) is 9.88. The second-order valence-electron chi connectivity index (χ2n) is 5.71. The van der Waals surface area contributed by atoms with Crippen LogP contribution in [0.3, 0.4) is 0 Å². The van der Waals surface area contributed by atoms with Crippen molar-refractivity contribution in [3.63, 3.8) is 0 Å². The van der Waals surface area contributed by atoms with Crippen molar-refractivity contribution in [2.45, 2.75) is 13.0 Å². The second-order valence-corrected chi connectivity index (χ2v) is 5.71. The average Bonchev–Trinajstić information content (AvgIpc) is 3.07. The third-order valence-corrected chi connectivity index (χ3v) is 3.92. The molecule has 0 aliphatic carbocycles. The number of aromatic nitrogens is 3. The Balaban J connectivity index is 1.45. The smallest absolute Gasteiger partial charge is 0.251 e. The van der Waals surface area contributed by atoms with Gasteiger partial charge in [0.2, 0.25) is 0 Å². The number of nitrogens with zero attached hydrogens (tertiary/aromatic N) is 3. The van der Waals surface area contributed by atoms with Crippen molar-refractivity contribution in [2.75, 3.05) is 38.6 Å². The Hall–Kier alpha value is -2.45. The molecule has 0 spiro atoms. The van der Waals surface area contributed by atoms with Crippen LogP contribution in [0.15, 0.2) is 24.3 Å². The molecule has 4 N–H and O–H groups in total. The lowest BCUT2D eigenvalue weighted by Crippen LogP contribution is -2.37. The van der Waals surface area contributed by atoms with Gasteiger partial charge in [-0.15, -0.1) is 0 Å². The van der Waals surface area contributed by atoms with E-state index in [0.717, 1.165) is 45.1 Å².